The molecule has 0 aliphatic rings. The largest absolute Gasteiger partial charge is 0.394 e. The molecule has 0 saturated carbocycles. The summed E-state index contributed by atoms with van der Waals surface area (Å²) in [7, 11) is 0. The van der Waals surface area contributed by atoms with Crippen molar-refractivity contribution in [3.63, 3.8) is 0 Å². The smallest absolute Gasteiger partial charge is 0.224 e. The van der Waals surface area contributed by atoms with Crippen LogP contribution in [0.2, 0.25) is 0 Å². The number of hydrogen-bond acceptors (Lipinski definition) is 3. The second-order valence-electron chi connectivity index (χ2n) is 4.36. The Bertz CT molecular complexity index is 195. The number of hydrogen-bond donors (Lipinski definition) is 3. The Morgan fingerprint density at radius 3 is 2.25 bits per heavy atom. The van der Waals surface area contributed by atoms with Gasteiger partial charge in [0.1, 0.15) is 0 Å². The lowest BCUT2D eigenvalue weighted by Gasteiger charge is -2.32. The quantitative estimate of drug-likeness (QED) is 0.583. The van der Waals surface area contributed by atoms with Crippen LogP contribution in [0, 0.1) is 5.92 Å². The first kappa shape index (κ1) is 15.4. The normalized spacial score (nSPS) is 13.6. The van der Waals surface area contributed by atoms with Crippen molar-refractivity contribution in [2.75, 3.05) is 13.2 Å². The molecule has 0 bridgehead atoms. The van der Waals surface area contributed by atoms with E-state index >= 15 is 0 Å². The van der Waals surface area contributed by atoms with E-state index in [9.17, 15) is 9.90 Å². The number of aliphatic hydroxyl groups excluding tert-OH is 1. The molecule has 0 rings (SSSR count). The third-order valence-electron chi connectivity index (χ3n) is 3.34. The van der Waals surface area contributed by atoms with Crippen LogP contribution in [0.3, 0.4) is 0 Å². The highest BCUT2D eigenvalue weighted by Crippen LogP contribution is 2.16. The van der Waals surface area contributed by atoms with E-state index in [1.165, 1.54) is 0 Å². The maximum absolute atomic E-state index is 12.0. The molecule has 0 aromatic carbocycles. The number of carbonyl (C=O) groups excluding carboxylic acids is 1. The molecule has 0 aliphatic carbocycles. The monoisotopic (exact) mass is 230 g/mol. The molecule has 1 unspecified atom stereocenters. The highest BCUT2D eigenvalue weighted by atomic mass is 16.3. The predicted octanol–water partition coefficient (Wildman–Crippen LogP) is 1.03. The van der Waals surface area contributed by atoms with Gasteiger partial charge in [0, 0.05) is 6.54 Å². The van der Waals surface area contributed by atoms with E-state index in [4.69, 9.17) is 5.73 Å². The highest BCUT2D eigenvalue weighted by Gasteiger charge is 2.29. The van der Waals surface area contributed by atoms with E-state index in [1.54, 1.807) is 0 Å². The van der Waals surface area contributed by atoms with Crippen molar-refractivity contribution in [1.29, 1.82) is 0 Å². The summed E-state index contributed by atoms with van der Waals surface area (Å²) in [5.74, 6) is -0.156. The molecule has 4 nitrogen and oxygen atoms in total. The molecule has 0 heterocycles. The lowest BCUT2D eigenvalue weighted by atomic mass is 9.92. The molecule has 0 aromatic heterocycles. The highest BCUT2D eigenvalue weighted by molar-refractivity contribution is 5.79. The molecule has 0 fully saturated rings. The van der Waals surface area contributed by atoms with Crippen molar-refractivity contribution in [3.8, 4) is 0 Å². The zero-order valence-electron chi connectivity index (χ0n) is 10.8. The number of carbonyl (C=O) groups is 1. The second kappa shape index (κ2) is 7.63. The molecule has 0 spiro atoms. The van der Waals surface area contributed by atoms with Gasteiger partial charge in [-0.25, -0.2) is 0 Å². The Morgan fingerprint density at radius 1 is 1.38 bits per heavy atom. The lowest BCUT2D eigenvalue weighted by Crippen LogP contribution is -2.53. The minimum Gasteiger partial charge on any atom is -0.394 e. The number of rotatable bonds is 8. The van der Waals surface area contributed by atoms with Crippen LogP contribution < -0.4 is 11.1 Å². The topological polar surface area (TPSA) is 75.4 Å². The molecule has 0 saturated heterocycles. The Morgan fingerprint density at radius 2 is 1.94 bits per heavy atom. The average molecular weight is 230 g/mol. The molecule has 4 N–H and O–H groups in total. The molecule has 16 heavy (non-hydrogen) atoms. The molecule has 1 amide bonds. The van der Waals surface area contributed by atoms with Gasteiger partial charge in [-0.05, 0) is 19.3 Å². The van der Waals surface area contributed by atoms with Crippen molar-refractivity contribution in [2.24, 2.45) is 11.7 Å². The van der Waals surface area contributed by atoms with Crippen LogP contribution in [0.15, 0.2) is 0 Å². The van der Waals surface area contributed by atoms with Crippen molar-refractivity contribution < 1.29 is 9.90 Å². The van der Waals surface area contributed by atoms with Gasteiger partial charge < -0.3 is 16.2 Å². The van der Waals surface area contributed by atoms with E-state index in [2.05, 4.69) is 5.32 Å². The van der Waals surface area contributed by atoms with Gasteiger partial charge in [0.05, 0.1) is 18.1 Å². The summed E-state index contributed by atoms with van der Waals surface area (Å²) < 4.78 is 0. The van der Waals surface area contributed by atoms with E-state index < -0.39 is 5.54 Å². The Balaban J connectivity index is 4.48. The van der Waals surface area contributed by atoms with Crippen LogP contribution in [0.25, 0.3) is 0 Å². The van der Waals surface area contributed by atoms with E-state index in [0.717, 1.165) is 25.7 Å². The fourth-order valence-electron chi connectivity index (χ4n) is 1.76. The third-order valence-corrected chi connectivity index (χ3v) is 3.34. The number of aliphatic hydroxyl groups is 1. The molecular formula is C12H26N2O2. The maximum Gasteiger partial charge on any atom is 0.224 e. The maximum atomic E-state index is 12.0. The van der Waals surface area contributed by atoms with Gasteiger partial charge in [-0.15, -0.1) is 0 Å². The van der Waals surface area contributed by atoms with Crippen LogP contribution in [-0.2, 0) is 4.79 Å². The zero-order chi connectivity index (χ0) is 12.6. The molecule has 0 aliphatic heterocycles. The Hall–Kier alpha value is -0.610. The lowest BCUT2D eigenvalue weighted by molar-refractivity contribution is -0.127. The SMILES string of the molecule is CCCC(CN)C(=O)NC(CC)(CC)CO. The first-order valence-electron chi connectivity index (χ1n) is 6.22. The van der Waals surface area contributed by atoms with Crippen LogP contribution in [0.4, 0.5) is 0 Å². The number of amides is 1. The number of nitrogens with two attached hydrogens (primary N) is 1. The first-order chi connectivity index (χ1) is 7.59. The molecule has 0 radical (unpaired) electrons. The zero-order valence-corrected chi connectivity index (χ0v) is 10.8. The molecule has 4 heteroatoms. The van der Waals surface area contributed by atoms with Gasteiger partial charge in [-0.2, -0.15) is 0 Å². The van der Waals surface area contributed by atoms with Gasteiger partial charge in [0.15, 0.2) is 0 Å². The summed E-state index contributed by atoms with van der Waals surface area (Å²) in [6, 6.07) is 0. The van der Waals surface area contributed by atoms with Gasteiger partial charge in [-0.1, -0.05) is 27.2 Å². The van der Waals surface area contributed by atoms with E-state index in [1.807, 2.05) is 20.8 Å². The summed E-state index contributed by atoms with van der Waals surface area (Å²) in [6.45, 7) is 6.33. The van der Waals surface area contributed by atoms with Crippen LogP contribution in [-0.4, -0.2) is 29.7 Å². The standard InChI is InChI=1S/C12H26N2O2/c1-4-7-10(8-13)11(16)14-12(5-2,6-3)9-15/h10,15H,4-9,13H2,1-3H3,(H,14,16). The molecule has 96 valence electrons. The summed E-state index contributed by atoms with van der Waals surface area (Å²) in [5, 5.41) is 12.3. The van der Waals surface area contributed by atoms with Gasteiger partial charge in [-0.3, -0.25) is 4.79 Å². The van der Waals surface area contributed by atoms with Crippen LogP contribution >= 0.6 is 0 Å². The van der Waals surface area contributed by atoms with E-state index in [0.29, 0.717) is 6.54 Å². The Labute approximate surface area is 98.6 Å². The summed E-state index contributed by atoms with van der Waals surface area (Å²) in [4.78, 5) is 12.0. The van der Waals surface area contributed by atoms with Crippen LogP contribution in [0.5, 0.6) is 0 Å². The molecular weight excluding hydrogens is 204 g/mol. The summed E-state index contributed by atoms with van der Waals surface area (Å²) >= 11 is 0. The molecule has 1 atom stereocenters. The van der Waals surface area contributed by atoms with Crippen molar-refractivity contribution in [1.82, 2.24) is 5.32 Å². The van der Waals surface area contributed by atoms with Crippen LogP contribution in [0.1, 0.15) is 46.5 Å². The number of nitrogens with one attached hydrogen (secondary N) is 1. The minimum absolute atomic E-state index is 0.0187. The fraction of sp³-hybridized carbons (Fsp3) is 0.917. The summed E-state index contributed by atoms with van der Waals surface area (Å²) in [6.07, 6.45) is 3.21. The second-order valence-corrected chi connectivity index (χ2v) is 4.36. The third kappa shape index (κ3) is 4.10. The Kier molecular flexibility index (Phi) is 7.34. The van der Waals surface area contributed by atoms with Gasteiger partial charge >= 0.3 is 0 Å². The van der Waals surface area contributed by atoms with Crippen molar-refractivity contribution in [3.05, 3.63) is 0 Å². The minimum atomic E-state index is -0.474. The average Bonchev–Trinajstić information content (AvgIpc) is 2.33. The predicted molar refractivity (Wildman–Crippen MR) is 66.0 cm³/mol. The van der Waals surface area contributed by atoms with Crippen molar-refractivity contribution >= 4 is 5.91 Å². The summed E-state index contributed by atoms with van der Waals surface area (Å²) in [5.41, 5.74) is 5.11. The van der Waals surface area contributed by atoms with Gasteiger partial charge in [0.25, 0.3) is 0 Å². The molecule has 0 aromatic rings. The van der Waals surface area contributed by atoms with E-state index in [-0.39, 0.29) is 18.4 Å². The van der Waals surface area contributed by atoms with Crippen molar-refractivity contribution in [2.45, 2.75) is 52.0 Å². The first-order valence-corrected chi connectivity index (χ1v) is 6.22. The fourth-order valence-corrected chi connectivity index (χ4v) is 1.76. The van der Waals surface area contributed by atoms with Gasteiger partial charge in [0.2, 0.25) is 5.91 Å².